The standard InChI is InChI=1S/C14H19N3O2S/c1-3-12-9-13(17(4-2)16-12)10-20(18,19)14-7-5-11(15)6-8-14/h5-9H,3-4,10,15H2,1-2H3. The lowest BCUT2D eigenvalue weighted by molar-refractivity contribution is 0.585. The molecule has 20 heavy (non-hydrogen) atoms. The number of benzene rings is 1. The van der Waals surface area contributed by atoms with E-state index in [-0.39, 0.29) is 10.6 Å². The van der Waals surface area contributed by atoms with E-state index in [2.05, 4.69) is 5.10 Å². The van der Waals surface area contributed by atoms with Gasteiger partial charge < -0.3 is 5.73 Å². The molecule has 0 saturated heterocycles. The van der Waals surface area contributed by atoms with Crippen molar-refractivity contribution in [2.24, 2.45) is 0 Å². The van der Waals surface area contributed by atoms with Crippen molar-refractivity contribution in [1.82, 2.24) is 9.78 Å². The molecule has 1 aromatic heterocycles. The molecule has 0 bridgehead atoms. The van der Waals surface area contributed by atoms with Crippen LogP contribution >= 0.6 is 0 Å². The average Bonchev–Trinajstić information content (AvgIpc) is 2.80. The van der Waals surface area contributed by atoms with E-state index < -0.39 is 9.84 Å². The molecular weight excluding hydrogens is 274 g/mol. The second-order valence-electron chi connectivity index (χ2n) is 4.62. The summed E-state index contributed by atoms with van der Waals surface area (Å²) >= 11 is 0. The Balaban J connectivity index is 2.32. The van der Waals surface area contributed by atoms with Gasteiger partial charge in [0.2, 0.25) is 0 Å². The molecule has 0 aliphatic heterocycles. The number of aryl methyl sites for hydroxylation is 2. The van der Waals surface area contributed by atoms with E-state index in [1.54, 1.807) is 16.8 Å². The van der Waals surface area contributed by atoms with E-state index in [1.807, 2.05) is 19.9 Å². The molecule has 0 spiro atoms. The minimum atomic E-state index is -3.37. The zero-order chi connectivity index (χ0) is 14.8. The number of rotatable bonds is 5. The van der Waals surface area contributed by atoms with Crippen LogP contribution in [0, 0.1) is 0 Å². The Hall–Kier alpha value is -1.82. The van der Waals surface area contributed by atoms with Crippen molar-refractivity contribution in [3.8, 4) is 0 Å². The molecule has 108 valence electrons. The molecule has 2 rings (SSSR count). The minimum Gasteiger partial charge on any atom is -0.399 e. The summed E-state index contributed by atoms with van der Waals surface area (Å²) in [5.74, 6) is -0.0439. The molecule has 0 aliphatic carbocycles. The highest BCUT2D eigenvalue weighted by Gasteiger charge is 2.18. The van der Waals surface area contributed by atoms with Gasteiger partial charge in [0, 0.05) is 12.2 Å². The largest absolute Gasteiger partial charge is 0.399 e. The Morgan fingerprint density at radius 1 is 1.20 bits per heavy atom. The van der Waals surface area contributed by atoms with Gasteiger partial charge in [-0.05, 0) is 43.7 Å². The molecule has 2 aromatic rings. The lowest BCUT2D eigenvalue weighted by Crippen LogP contribution is -2.10. The predicted molar refractivity (Wildman–Crippen MR) is 79.0 cm³/mol. The van der Waals surface area contributed by atoms with Crippen LogP contribution in [-0.4, -0.2) is 18.2 Å². The van der Waals surface area contributed by atoms with Crippen LogP contribution in [-0.2, 0) is 28.6 Å². The van der Waals surface area contributed by atoms with Gasteiger partial charge in [-0.25, -0.2) is 8.42 Å². The first-order valence-electron chi connectivity index (χ1n) is 6.60. The quantitative estimate of drug-likeness (QED) is 0.855. The van der Waals surface area contributed by atoms with E-state index in [1.165, 1.54) is 12.1 Å². The third kappa shape index (κ3) is 3.01. The maximum atomic E-state index is 12.4. The first kappa shape index (κ1) is 14.6. The number of hydrogen-bond acceptors (Lipinski definition) is 4. The lowest BCUT2D eigenvalue weighted by Gasteiger charge is -2.06. The molecule has 0 saturated carbocycles. The fourth-order valence-electron chi connectivity index (χ4n) is 2.03. The van der Waals surface area contributed by atoms with E-state index >= 15 is 0 Å². The normalized spacial score (nSPS) is 11.7. The van der Waals surface area contributed by atoms with Gasteiger partial charge in [0.05, 0.1) is 22.0 Å². The molecule has 0 atom stereocenters. The fraction of sp³-hybridized carbons (Fsp3) is 0.357. The van der Waals surface area contributed by atoms with Gasteiger partial charge >= 0.3 is 0 Å². The highest BCUT2D eigenvalue weighted by molar-refractivity contribution is 7.90. The van der Waals surface area contributed by atoms with Crippen molar-refractivity contribution < 1.29 is 8.42 Å². The zero-order valence-corrected chi connectivity index (χ0v) is 12.5. The number of nitrogens with zero attached hydrogens (tertiary/aromatic N) is 2. The summed E-state index contributed by atoms with van der Waals surface area (Å²) in [5.41, 5.74) is 7.77. The maximum absolute atomic E-state index is 12.4. The minimum absolute atomic E-state index is 0.0439. The number of anilines is 1. The Kier molecular flexibility index (Phi) is 4.13. The molecule has 0 fully saturated rings. The second kappa shape index (κ2) is 5.66. The summed E-state index contributed by atoms with van der Waals surface area (Å²) in [4.78, 5) is 0.286. The summed E-state index contributed by atoms with van der Waals surface area (Å²) in [7, 11) is -3.37. The van der Waals surface area contributed by atoms with Crippen LogP contribution < -0.4 is 5.73 Å². The van der Waals surface area contributed by atoms with E-state index in [0.29, 0.717) is 12.2 Å². The molecule has 2 N–H and O–H groups in total. The van der Waals surface area contributed by atoms with Crippen LogP contribution in [0.25, 0.3) is 0 Å². The van der Waals surface area contributed by atoms with Gasteiger partial charge in [-0.3, -0.25) is 4.68 Å². The van der Waals surface area contributed by atoms with Gasteiger partial charge in [-0.15, -0.1) is 0 Å². The molecule has 0 radical (unpaired) electrons. The van der Waals surface area contributed by atoms with Crippen LogP contribution in [0.15, 0.2) is 35.2 Å². The first-order valence-corrected chi connectivity index (χ1v) is 8.25. The van der Waals surface area contributed by atoms with E-state index in [0.717, 1.165) is 17.8 Å². The summed E-state index contributed by atoms with van der Waals surface area (Å²) in [6.45, 7) is 4.61. The van der Waals surface area contributed by atoms with Crippen molar-refractivity contribution >= 4 is 15.5 Å². The Morgan fingerprint density at radius 3 is 2.40 bits per heavy atom. The SMILES string of the molecule is CCc1cc(CS(=O)(=O)c2ccc(N)cc2)n(CC)n1. The molecule has 0 unspecified atom stereocenters. The highest BCUT2D eigenvalue weighted by atomic mass is 32.2. The number of nitrogens with two attached hydrogens (primary N) is 1. The first-order chi connectivity index (χ1) is 9.46. The zero-order valence-electron chi connectivity index (χ0n) is 11.7. The summed E-state index contributed by atoms with van der Waals surface area (Å²) in [6, 6.07) is 8.14. The average molecular weight is 293 g/mol. The van der Waals surface area contributed by atoms with E-state index in [9.17, 15) is 8.42 Å². The van der Waals surface area contributed by atoms with Crippen LogP contribution in [0.1, 0.15) is 25.2 Å². The van der Waals surface area contributed by atoms with Crippen LogP contribution in [0.5, 0.6) is 0 Å². The summed E-state index contributed by atoms with van der Waals surface area (Å²) in [5, 5.41) is 4.37. The predicted octanol–water partition coefficient (Wildman–Crippen LogP) is 2.02. The molecule has 0 amide bonds. The molecular formula is C14H19N3O2S. The molecule has 1 heterocycles. The molecule has 0 aliphatic rings. The van der Waals surface area contributed by atoms with Gasteiger partial charge in [0.1, 0.15) is 0 Å². The summed E-state index contributed by atoms with van der Waals surface area (Å²) < 4.78 is 26.5. The topological polar surface area (TPSA) is 78.0 Å². The monoisotopic (exact) mass is 293 g/mol. The third-order valence-corrected chi connectivity index (χ3v) is 4.82. The number of aromatic nitrogens is 2. The van der Waals surface area contributed by atoms with Gasteiger partial charge in [0.15, 0.2) is 9.84 Å². The van der Waals surface area contributed by atoms with Crippen molar-refractivity contribution in [2.75, 3.05) is 5.73 Å². The smallest absolute Gasteiger partial charge is 0.184 e. The van der Waals surface area contributed by atoms with Gasteiger partial charge in [0.25, 0.3) is 0 Å². The van der Waals surface area contributed by atoms with Crippen molar-refractivity contribution in [3.05, 3.63) is 41.7 Å². The van der Waals surface area contributed by atoms with Crippen molar-refractivity contribution in [1.29, 1.82) is 0 Å². The number of sulfone groups is 1. The number of hydrogen-bond donors (Lipinski definition) is 1. The van der Waals surface area contributed by atoms with Crippen molar-refractivity contribution in [2.45, 2.75) is 37.5 Å². The molecule has 6 heteroatoms. The van der Waals surface area contributed by atoms with E-state index in [4.69, 9.17) is 5.73 Å². The van der Waals surface area contributed by atoms with Gasteiger partial charge in [-0.2, -0.15) is 5.10 Å². The van der Waals surface area contributed by atoms with Crippen LogP contribution in [0.2, 0.25) is 0 Å². The maximum Gasteiger partial charge on any atom is 0.184 e. The lowest BCUT2D eigenvalue weighted by atomic mass is 10.3. The van der Waals surface area contributed by atoms with Crippen LogP contribution in [0.4, 0.5) is 5.69 Å². The fourth-order valence-corrected chi connectivity index (χ4v) is 3.37. The van der Waals surface area contributed by atoms with Crippen molar-refractivity contribution in [3.63, 3.8) is 0 Å². The second-order valence-corrected chi connectivity index (χ2v) is 6.61. The van der Waals surface area contributed by atoms with Crippen LogP contribution in [0.3, 0.4) is 0 Å². The third-order valence-electron chi connectivity index (χ3n) is 3.15. The molecule has 1 aromatic carbocycles. The molecule has 5 nitrogen and oxygen atoms in total. The van der Waals surface area contributed by atoms with Gasteiger partial charge in [-0.1, -0.05) is 6.92 Å². The Bertz CT molecular complexity index is 688. The Labute approximate surface area is 119 Å². The number of nitrogen functional groups attached to an aromatic ring is 1. The highest BCUT2D eigenvalue weighted by Crippen LogP contribution is 2.18. The Morgan fingerprint density at radius 2 is 1.85 bits per heavy atom. The summed E-state index contributed by atoms with van der Waals surface area (Å²) in [6.07, 6.45) is 0.794.